The summed E-state index contributed by atoms with van der Waals surface area (Å²) in [6.07, 6.45) is -0.656. The Morgan fingerprint density at radius 3 is 2.33 bits per heavy atom. The number of anilines is 1. The molecule has 2 rings (SSSR count). The van der Waals surface area contributed by atoms with Crippen LogP contribution in [-0.2, 0) is 4.79 Å². The van der Waals surface area contributed by atoms with E-state index in [1.807, 2.05) is 30.3 Å². The van der Waals surface area contributed by atoms with Gasteiger partial charge in [0.2, 0.25) is 0 Å². The van der Waals surface area contributed by atoms with Crippen molar-refractivity contribution in [3.8, 4) is 5.75 Å². The molecule has 27 heavy (non-hydrogen) atoms. The standard InChI is InChI=1S/C22H28N2O3/c1-15(2)21(24-19-10-6-5-7-11-19)14-23-22(26)17(4)27-20-12-8-9-18(13-20)16(3)25/h5-13,15,17,21,24H,14H2,1-4H3,(H,23,26). The second kappa shape index (κ2) is 9.76. The molecular formula is C22H28N2O3. The van der Waals surface area contributed by atoms with Crippen molar-refractivity contribution in [3.05, 3.63) is 60.2 Å². The molecule has 0 heterocycles. The van der Waals surface area contributed by atoms with E-state index in [1.54, 1.807) is 31.2 Å². The van der Waals surface area contributed by atoms with Crippen LogP contribution in [0.15, 0.2) is 54.6 Å². The average molecular weight is 368 g/mol. The number of hydrogen-bond acceptors (Lipinski definition) is 4. The molecule has 0 spiro atoms. The first-order chi connectivity index (χ1) is 12.9. The molecule has 144 valence electrons. The lowest BCUT2D eigenvalue weighted by Crippen LogP contribution is -2.44. The monoisotopic (exact) mass is 368 g/mol. The molecule has 0 saturated heterocycles. The first-order valence-electron chi connectivity index (χ1n) is 9.23. The minimum atomic E-state index is -0.656. The third-order valence-corrected chi connectivity index (χ3v) is 4.35. The van der Waals surface area contributed by atoms with Crippen LogP contribution >= 0.6 is 0 Å². The molecule has 2 N–H and O–H groups in total. The summed E-state index contributed by atoms with van der Waals surface area (Å²) in [6, 6.07) is 16.9. The van der Waals surface area contributed by atoms with Crippen molar-refractivity contribution in [2.24, 2.45) is 5.92 Å². The molecule has 2 unspecified atom stereocenters. The third kappa shape index (κ3) is 6.44. The Hall–Kier alpha value is -2.82. The largest absolute Gasteiger partial charge is 0.481 e. The smallest absolute Gasteiger partial charge is 0.260 e. The van der Waals surface area contributed by atoms with Gasteiger partial charge in [0.25, 0.3) is 5.91 Å². The quantitative estimate of drug-likeness (QED) is 0.659. The van der Waals surface area contributed by atoms with E-state index >= 15 is 0 Å². The molecular weight excluding hydrogens is 340 g/mol. The van der Waals surface area contributed by atoms with Gasteiger partial charge in [-0.15, -0.1) is 0 Å². The molecule has 0 aliphatic heterocycles. The average Bonchev–Trinajstić information content (AvgIpc) is 2.65. The number of carbonyl (C=O) groups excluding carboxylic acids is 2. The van der Waals surface area contributed by atoms with E-state index in [0.29, 0.717) is 23.8 Å². The van der Waals surface area contributed by atoms with Crippen LogP contribution in [0.4, 0.5) is 5.69 Å². The molecule has 0 fully saturated rings. The Labute approximate surface area is 161 Å². The van der Waals surface area contributed by atoms with E-state index in [0.717, 1.165) is 5.69 Å². The maximum absolute atomic E-state index is 12.4. The van der Waals surface area contributed by atoms with Crippen LogP contribution in [0.5, 0.6) is 5.75 Å². The number of rotatable bonds is 9. The summed E-state index contributed by atoms with van der Waals surface area (Å²) in [5.74, 6) is 0.621. The van der Waals surface area contributed by atoms with Crippen LogP contribution in [0, 0.1) is 5.92 Å². The van der Waals surface area contributed by atoms with Gasteiger partial charge >= 0.3 is 0 Å². The Balaban J connectivity index is 1.90. The Kier molecular flexibility index (Phi) is 7.41. The van der Waals surface area contributed by atoms with Crippen molar-refractivity contribution in [3.63, 3.8) is 0 Å². The van der Waals surface area contributed by atoms with E-state index in [1.165, 1.54) is 6.92 Å². The van der Waals surface area contributed by atoms with E-state index in [4.69, 9.17) is 4.74 Å². The molecule has 2 aromatic carbocycles. The number of benzene rings is 2. The molecule has 2 atom stereocenters. The number of nitrogens with one attached hydrogen (secondary N) is 2. The molecule has 1 amide bonds. The van der Waals surface area contributed by atoms with Crippen LogP contribution in [0.2, 0.25) is 0 Å². The van der Waals surface area contributed by atoms with Gasteiger partial charge in [-0.05, 0) is 44.0 Å². The van der Waals surface area contributed by atoms with E-state index in [2.05, 4.69) is 24.5 Å². The molecule has 5 heteroatoms. The second-order valence-electron chi connectivity index (χ2n) is 6.95. The van der Waals surface area contributed by atoms with Crippen molar-refractivity contribution in [2.45, 2.75) is 39.8 Å². The highest BCUT2D eigenvalue weighted by atomic mass is 16.5. The summed E-state index contributed by atoms with van der Waals surface area (Å²) in [5, 5.41) is 6.40. The lowest BCUT2D eigenvalue weighted by molar-refractivity contribution is -0.127. The highest BCUT2D eigenvalue weighted by Crippen LogP contribution is 2.16. The zero-order chi connectivity index (χ0) is 19.8. The van der Waals surface area contributed by atoms with E-state index in [-0.39, 0.29) is 17.7 Å². The van der Waals surface area contributed by atoms with Gasteiger partial charge < -0.3 is 15.4 Å². The second-order valence-corrected chi connectivity index (χ2v) is 6.95. The minimum Gasteiger partial charge on any atom is -0.481 e. The number of para-hydroxylation sites is 1. The minimum absolute atomic E-state index is 0.0377. The maximum Gasteiger partial charge on any atom is 0.260 e. The van der Waals surface area contributed by atoms with Crippen LogP contribution in [-0.4, -0.2) is 30.4 Å². The third-order valence-electron chi connectivity index (χ3n) is 4.35. The van der Waals surface area contributed by atoms with Crippen LogP contribution in [0.25, 0.3) is 0 Å². The number of hydrogen-bond donors (Lipinski definition) is 2. The zero-order valence-corrected chi connectivity index (χ0v) is 16.4. The van der Waals surface area contributed by atoms with Crippen molar-refractivity contribution in [2.75, 3.05) is 11.9 Å². The lowest BCUT2D eigenvalue weighted by atomic mass is 10.0. The molecule has 2 aromatic rings. The normalized spacial score (nSPS) is 12.9. The summed E-state index contributed by atoms with van der Waals surface area (Å²) in [7, 11) is 0. The van der Waals surface area contributed by atoms with Gasteiger partial charge in [0.15, 0.2) is 11.9 Å². The highest BCUT2D eigenvalue weighted by molar-refractivity contribution is 5.94. The first-order valence-corrected chi connectivity index (χ1v) is 9.23. The van der Waals surface area contributed by atoms with Crippen LogP contribution < -0.4 is 15.4 Å². The maximum atomic E-state index is 12.4. The molecule has 0 aliphatic carbocycles. The number of Topliss-reactive ketones (excluding diaryl/α,β-unsaturated/α-hetero) is 1. The number of carbonyl (C=O) groups is 2. The molecule has 0 aromatic heterocycles. The fourth-order valence-electron chi connectivity index (χ4n) is 2.60. The molecule has 0 aliphatic rings. The summed E-state index contributed by atoms with van der Waals surface area (Å²) in [4.78, 5) is 23.9. The topological polar surface area (TPSA) is 67.4 Å². The first kappa shape index (κ1) is 20.5. The lowest BCUT2D eigenvalue weighted by Gasteiger charge is -2.25. The Morgan fingerprint density at radius 1 is 1.00 bits per heavy atom. The van der Waals surface area contributed by atoms with Gasteiger partial charge in [0.05, 0.1) is 0 Å². The van der Waals surface area contributed by atoms with Gasteiger partial charge in [0, 0.05) is 23.8 Å². The van der Waals surface area contributed by atoms with E-state index < -0.39 is 6.10 Å². The van der Waals surface area contributed by atoms with Crippen molar-refractivity contribution in [1.82, 2.24) is 5.32 Å². The summed E-state index contributed by atoms with van der Waals surface area (Å²) >= 11 is 0. The molecule has 5 nitrogen and oxygen atoms in total. The fraction of sp³-hybridized carbons (Fsp3) is 0.364. The van der Waals surface area contributed by atoms with Gasteiger partial charge in [-0.25, -0.2) is 0 Å². The summed E-state index contributed by atoms with van der Waals surface area (Å²) in [5.41, 5.74) is 1.59. The van der Waals surface area contributed by atoms with Gasteiger partial charge in [-0.1, -0.05) is 44.2 Å². The SMILES string of the molecule is CC(=O)c1cccc(OC(C)C(=O)NCC(Nc2ccccc2)C(C)C)c1. The van der Waals surface area contributed by atoms with Gasteiger partial charge in [0.1, 0.15) is 5.75 Å². The van der Waals surface area contributed by atoms with Crippen molar-refractivity contribution < 1.29 is 14.3 Å². The summed E-state index contributed by atoms with van der Waals surface area (Å²) in [6.45, 7) is 7.91. The molecule has 0 bridgehead atoms. The zero-order valence-electron chi connectivity index (χ0n) is 16.4. The van der Waals surface area contributed by atoms with Crippen LogP contribution in [0.1, 0.15) is 38.1 Å². The van der Waals surface area contributed by atoms with Crippen LogP contribution in [0.3, 0.4) is 0 Å². The predicted molar refractivity (Wildman–Crippen MR) is 108 cm³/mol. The number of ketones is 1. The molecule has 0 saturated carbocycles. The van der Waals surface area contributed by atoms with Gasteiger partial charge in [-0.3, -0.25) is 9.59 Å². The Bertz CT molecular complexity index is 759. The number of ether oxygens (including phenoxy) is 1. The van der Waals surface area contributed by atoms with Crippen molar-refractivity contribution >= 4 is 17.4 Å². The number of amides is 1. The molecule has 0 radical (unpaired) electrons. The highest BCUT2D eigenvalue weighted by Gasteiger charge is 2.19. The predicted octanol–water partition coefficient (Wildman–Crippen LogP) is 3.91. The summed E-state index contributed by atoms with van der Waals surface area (Å²) < 4.78 is 5.69. The van der Waals surface area contributed by atoms with E-state index in [9.17, 15) is 9.59 Å². The fourth-order valence-corrected chi connectivity index (χ4v) is 2.60. The van der Waals surface area contributed by atoms with Crippen molar-refractivity contribution in [1.29, 1.82) is 0 Å². The Morgan fingerprint density at radius 2 is 1.70 bits per heavy atom. The van der Waals surface area contributed by atoms with Gasteiger partial charge in [-0.2, -0.15) is 0 Å².